The molecule has 0 spiro atoms. The molecular formula is C16H27ClO2. The highest BCUT2D eigenvalue weighted by Gasteiger charge is 2.28. The van der Waals surface area contributed by atoms with Gasteiger partial charge >= 0.3 is 0 Å². The molecule has 0 radical (unpaired) electrons. The summed E-state index contributed by atoms with van der Waals surface area (Å²) in [7, 11) is 0. The average molecular weight is 287 g/mol. The van der Waals surface area contributed by atoms with E-state index >= 15 is 0 Å². The predicted molar refractivity (Wildman–Crippen MR) is 80.7 cm³/mol. The number of ketones is 1. The molecule has 1 fully saturated rings. The Morgan fingerprint density at radius 1 is 1.32 bits per heavy atom. The molecule has 1 aliphatic carbocycles. The second kappa shape index (κ2) is 8.06. The van der Waals surface area contributed by atoms with Gasteiger partial charge in [-0.15, -0.1) is 11.6 Å². The predicted octanol–water partition coefficient (Wildman–Crippen LogP) is 4.51. The summed E-state index contributed by atoms with van der Waals surface area (Å²) in [6.45, 7) is 8.44. The highest BCUT2D eigenvalue weighted by Crippen LogP contribution is 2.28. The maximum atomic E-state index is 12.2. The first kappa shape index (κ1) is 16.7. The lowest BCUT2D eigenvalue weighted by Crippen LogP contribution is -2.32. The van der Waals surface area contributed by atoms with Crippen molar-refractivity contribution in [3.8, 4) is 0 Å². The topological polar surface area (TPSA) is 26.3 Å². The molecule has 3 heteroatoms. The summed E-state index contributed by atoms with van der Waals surface area (Å²) in [6.07, 6.45) is 7.11. The van der Waals surface area contributed by atoms with E-state index in [9.17, 15) is 4.79 Å². The maximum absolute atomic E-state index is 12.2. The second-order valence-corrected chi connectivity index (χ2v) is 6.49. The minimum atomic E-state index is -0.374. The fourth-order valence-electron chi connectivity index (χ4n) is 2.58. The van der Waals surface area contributed by atoms with Gasteiger partial charge in [-0.25, -0.2) is 0 Å². The summed E-state index contributed by atoms with van der Waals surface area (Å²) < 4.78 is 5.82. The van der Waals surface area contributed by atoms with Gasteiger partial charge in [0.05, 0.1) is 12.2 Å². The fourth-order valence-corrected chi connectivity index (χ4v) is 2.71. The van der Waals surface area contributed by atoms with Gasteiger partial charge in [-0.05, 0) is 33.1 Å². The number of alkyl halides is 1. The van der Waals surface area contributed by atoms with Gasteiger partial charge in [0.25, 0.3) is 0 Å². The van der Waals surface area contributed by atoms with Gasteiger partial charge in [-0.3, -0.25) is 4.79 Å². The van der Waals surface area contributed by atoms with Gasteiger partial charge in [0.1, 0.15) is 5.78 Å². The Labute approximate surface area is 122 Å². The number of carbonyl (C=O) groups excluding carboxylic acids is 1. The number of Topliss-reactive ketones (excluding diaryl/α,β-unsaturated/α-hetero) is 1. The van der Waals surface area contributed by atoms with Crippen molar-refractivity contribution in [2.75, 3.05) is 12.5 Å². The summed E-state index contributed by atoms with van der Waals surface area (Å²) >= 11 is 5.68. The molecule has 0 unspecified atom stereocenters. The smallest absolute Gasteiger partial charge is 0.138 e. The van der Waals surface area contributed by atoms with Crippen LogP contribution in [-0.2, 0) is 9.53 Å². The zero-order valence-electron chi connectivity index (χ0n) is 12.3. The highest BCUT2D eigenvalue weighted by atomic mass is 35.5. The lowest BCUT2D eigenvalue weighted by Gasteiger charge is -2.28. The molecule has 1 aliphatic rings. The number of rotatable bonds is 8. The first-order valence-corrected chi connectivity index (χ1v) is 7.87. The van der Waals surface area contributed by atoms with Crippen LogP contribution in [0.4, 0.5) is 0 Å². The molecule has 0 aliphatic heterocycles. The molecule has 0 N–H and O–H groups in total. The van der Waals surface area contributed by atoms with Crippen molar-refractivity contribution in [3.05, 3.63) is 12.2 Å². The van der Waals surface area contributed by atoms with Crippen LogP contribution in [-0.4, -0.2) is 23.9 Å². The van der Waals surface area contributed by atoms with Crippen molar-refractivity contribution in [1.82, 2.24) is 0 Å². The van der Waals surface area contributed by atoms with Crippen molar-refractivity contribution < 1.29 is 9.53 Å². The molecule has 0 aromatic carbocycles. The van der Waals surface area contributed by atoms with E-state index < -0.39 is 0 Å². The normalized spacial score (nSPS) is 17.4. The fraction of sp³-hybridized carbons (Fsp3) is 0.812. The first-order chi connectivity index (χ1) is 8.94. The Hall–Kier alpha value is -0.340. The molecule has 0 atom stereocenters. The summed E-state index contributed by atoms with van der Waals surface area (Å²) in [5.41, 5.74) is 0.609. The largest absolute Gasteiger partial charge is 0.375 e. The molecule has 0 aromatic heterocycles. The minimum absolute atomic E-state index is 0.273. The molecule has 2 nitrogen and oxygen atoms in total. The molecule has 0 aromatic rings. The Bertz CT molecular complexity index is 304. The standard InChI is InChI=1S/C16H27ClO2/c1-13(12-17)9-10-19-16(2,3)11-15(18)14-7-5-4-6-8-14/h14H,1,4-12H2,2-3H3. The van der Waals surface area contributed by atoms with E-state index in [1.54, 1.807) is 0 Å². The zero-order chi connectivity index (χ0) is 14.3. The number of hydrogen-bond donors (Lipinski definition) is 0. The molecule has 0 saturated heterocycles. The van der Waals surface area contributed by atoms with E-state index in [2.05, 4.69) is 6.58 Å². The van der Waals surface area contributed by atoms with Crippen LogP contribution in [0.15, 0.2) is 12.2 Å². The van der Waals surface area contributed by atoms with Crippen LogP contribution in [0.2, 0.25) is 0 Å². The van der Waals surface area contributed by atoms with Gasteiger partial charge in [-0.2, -0.15) is 0 Å². The van der Waals surface area contributed by atoms with Gasteiger partial charge in [0, 0.05) is 18.2 Å². The van der Waals surface area contributed by atoms with Crippen LogP contribution >= 0.6 is 11.6 Å². The van der Waals surface area contributed by atoms with E-state index in [1.165, 1.54) is 19.3 Å². The molecule has 110 valence electrons. The van der Waals surface area contributed by atoms with Crippen molar-refractivity contribution in [2.24, 2.45) is 5.92 Å². The van der Waals surface area contributed by atoms with Gasteiger partial charge in [0.2, 0.25) is 0 Å². The van der Waals surface area contributed by atoms with Crippen LogP contribution < -0.4 is 0 Å². The summed E-state index contributed by atoms with van der Waals surface area (Å²) in [5, 5.41) is 0. The molecule has 0 bridgehead atoms. The van der Waals surface area contributed by atoms with Crippen LogP contribution in [0.3, 0.4) is 0 Å². The third kappa shape index (κ3) is 6.58. The van der Waals surface area contributed by atoms with Crippen molar-refractivity contribution in [1.29, 1.82) is 0 Å². The molecular weight excluding hydrogens is 260 g/mol. The monoisotopic (exact) mass is 286 g/mol. The summed E-state index contributed by atoms with van der Waals surface area (Å²) in [5.74, 6) is 1.13. The van der Waals surface area contributed by atoms with Crippen LogP contribution in [0.1, 0.15) is 58.8 Å². The molecule has 19 heavy (non-hydrogen) atoms. The Morgan fingerprint density at radius 3 is 2.53 bits per heavy atom. The van der Waals surface area contributed by atoms with Gasteiger partial charge < -0.3 is 4.74 Å². The molecule has 0 heterocycles. The Balaban J connectivity index is 2.31. The highest BCUT2D eigenvalue weighted by molar-refractivity contribution is 6.19. The van der Waals surface area contributed by atoms with E-state index in [0.717, 1.165) is 24.8 Å². The SMILES string of the molecule is C=C(CCl)CCOC(C)(C)CC(=O)C1CCCCC1. The van der Waals surface area contributed by atoms with Crippen LogP contribution in [0.25, 0.3) is 0 Å². The van der Waals surface area contributed by atoms with Crippen molar-refractivity contribution in [3.63, 3.8) is 0 Å². The second-order valence-electron chi connectivity index (χ2n) is 6.22. The van der Waals surface area contributed by atoms with Gasteiger partial charge in [-0.1, -0.05) is 31.4 Å². The Morgan fingerprint density at radius 2 is 1.95 bits per heavy atom. The van der Waals surface area contributed by atoms with E-state index in [-0.39, 0.29) is 11.5 Å². The summed E-state index contributed by atoms with van der Waals surface area (Å²) in [6, 6.07) is 0. The van der Waals surface area contributed by atoms with E-state index in [1.807, 2.05) is 13.8 Å². The quantitative estimate of drug-likeness (QED) is 0.485. The lowest BCUT2D eigenvalue weighted by molar-refractivity contribution is -0.130. The Kier molecular flexibility index (Phi) is 7.09. The minimum Gasteiger partial charge on any atom is -0.375 e. The van der Waals surface area contributed by atoms with Gasteiger partial charge in [0.15, 0.2) is 0 Å². The first-order valence-electron chi connectivity index (χ1n) is 7.34. The lowest BCUT2D eigenvalue weighted by atomic mass is 9.83. The maximum Gasteiger partial charge on any atom is 0.138 e. The zero-order valence-corrected chi connectivity index (χ0v) is 13.1. The number of carbonyl (C=O) groups is 1. The van der Waals surface area contributed by atoms with E-state index in [4.69, 9.17) is 16.3 Å². The van der Waals surface area contributed by atoms with Crippen LogP contribution in [0, 0.1) is 5.92 Å². The third-order valence-corrected chi connectivity index (χ3v) is 4.18. The molecule has 1 saturated carbocycles. The van der Waals surface area contributed by atoms with Crippen molar-refractivity contribution in [2.45, 2.75) is 64.4 Å². The average Bonchev–Trinajstić information content (AvgIpc) is 2.38. The molecule has 1 rings (SSSR count). The number of hydrogen-bond acceptors (Lipinski definition) is 2. The summed E-state index contributed by atoms with van der Waals surface area (Å²) in [4.78, 5) is 12.2. The van der Waals surface area contributed by atoms with Crippen LogP contribution in [0.5, 0.6) is 0 Å². The third-order valence-electron chi connectivity index (χ3n) is 3.80. The number of ether oxygens (including phenoxy) is 1. The molecule has 0 amide bonds. The number of halogens is 1. The van der Waals surface area contributed by atoms with Crippen molar-refractivity contribution >= 4 is 17.4 Å². The van der Waals surface area contributed by atoms with E-state index in [0.29, 0.717) is 24.7 Å².